The number of fused-ring (bicyclic) bond motifs is 2. The van der Waals surface area contributed by atoms with Crippen LogP contribution in [0.1, 0.15) is 96.0 Å². The number of halogens is 2. The van der Waals surface area contributed by atoms with Gasteiger partial charge < -0.3 is 28.8 Å². The van der Waals surface area contributed by atoms with Crippen LogP contribution in [0.3, 0.4) is 0 Å². The van der Waals surface area contributed by atoms with Crippen LogP contribution in [-0.2, 0) is 60.7 Å². The fourth-order valence-corrected chi connectivity index (χ4v) is 9.07. The summed E-state index contributed by atoms with van der Waals surface area (Å²) in [5.74, 6) is 0.432. The van der Waals surface area contributed by atoms with E-state index in [1.165, 1.54) is 7.11 Å². The van der Waals surface area contributed by atoms with E-state index in [0.29, 0.717) is 75.2 Å². The second kappa shape index (κ2) is 16.9. The van der Waals surface area contributed by atoms with Crippen molar-refractivity contribution in [2.75, 3.05) is 32.1 Å². The van der Waals surface area contributed by atoms with Crippen molar-refractivity contribution in [1.82, 2.24) is 28.9 Å². The first-order valence-electron chi connectivity index (χ1n) is 19.9. The standard InChI is InChI=1S/C43H51Cl2N7O6/c1-43(2,3)58-42(56)52-20-18-34-32(24-52)46-38(49(34)4)35(53)21-27-9-7-10-28(36(27)44)29-11-8-12-30(37(29)45)48-40(54)39-47-31-23-51(19-17-33(31)50(39)5)22-25-13-15-26(16-14-25)41(55)57-6/h7-12,25-26H,13-24H2,1-6H3,(H,48,54). The van der Waals surface area contributed by atoms with Crippen molar-refractivity contribution >= 4 is 52.6 Å². The second-order valence-electron chi connectivity index (χ2n) is 16.7. The molecule has 58 heavy (non-hydrogen) atoms. The highest BCUT2D eigenvalue weighted by atomic mass is 35.5. The van der Waals surface area contributed by atoms with Crippen molar-refractivity contribution in [2.24, 2.45) is 25.9 Å². The van der Waals surface area contributed by atoms with Crippen molar-refractivity contribution in [1.29, 1.82) is 0 Å². The molecule has 4 heterocycles. The largest absolute Gasteiger partial charge is 0.469 e. The van der Waals surface area contributed by atoms with Crippen LogP contribution in [0.15, 0.2) is 36.4 Å². The molecule has 308 valence electrons. The average Bonchev–Trinajstić information content (AvgIpc) is 3.71. The highest BCUT2D eigenvalue weighted by Gasteiger charge is 2.32. The van der Waals surface area contributed by atoms with Gasteiger partial charge >= 0.3 is 12.1 Å². The van der Waals surface area contributed by atoms with E-state index in [0.717, 1.165) is 62.3 Å². The number of hydrogen-bond acceptors (Lipinski definition) is 9. The molecular weight excluding hydrogens is 781 g/mol. The number of amides is 2. The van der Waals surface area contributed by atoms with E-state index in [4.69, 9.17) is 37.7 Å². The number of rotatable bonds is 9. The smallest absolute Gasteiger partial charge is 0.410 e. The number of ether oxygens (including phenoxy) is 2. The number of hydrogen-bond donors (Lipinski definition) is 1. The van der Waals surface area contributed by atoms with Gasteiger partial charge in [-0.2, -0.15) is 0 Å². The number of nitrogens with zero attached hydrogens (tertiary/aromatic N) is 6. The summed E-state index contributed by atoms with van der Waals surface area (Å²) in [7, 11) is 5.14. The summed E-state index contributed by atoms with van der Waals surface area (Å²) in [6.45, 7) is 8.68. The number of methoxy groups -OCH3 is 1. The van der Waals surface area contributed by atoms with Gasteiger partial charge in [-0.15, -0.1) is 0 Å². The number of anilines is 1. The number of carbonyl (C=O) groups is 4. The van der Waals surface area contributed by atoms with Gasteiger partial charge in [-0.1, -0.05) is 53.5 Å². The predicted octanol–water partition coefficient (Wildman–Crippen LogP) is 7.44. The number of nitrogens with one attached hydrogen (secondary N) is 1. The van der Waals surface area contributed by atoms with Crippen molar-refractivity contribution in [3.05, 3.63) is 86.4 Å². The van der Waals surface area contributed by atoms with Crippen LogP contribution >= 0.6 is 23.2 Å². The Kier molecular flexibility index (Phi) is 12.1. The van der Waals surface area contributed by atoms with Crippen molar-refractivity contribution in [2.45, 2.75) is 84.4 Å². The maximum absolute atomic E-state index is 13.7. The molecule has 15 heteroatoms. The second-order valence-corrected chi connectivity index (χ2v) is 17.4. The zero-order valence-electron chi connectivity index (χ0n) is 34.0. The molecule has 2 aromatic carbocycles. The molecule has 2 aliphatic heterocycles. The Hall–Kier alpha value is -4.72. The number of esters is 1. The lowest BCUT2D eigenvalue weighted by Crippen LogP contribution is -2.40. The highest BCUT2D eigenvalue weighted by Crippen LogP contribution is 2.39. The summed E-state index contributed by atoms with van der Waals surface area (Å²) in [5.41, 5.74) is 5.14. The molecular formula is C43H51Cl2N7O6. The zero-order chi connectivity index (χ0) is 41.5. The van der Waals surface area contributed by atoms with E-state index in [1.54, 1.807) is 27.7 Å². The lowest BCUT2D eigenvalue weighted by molar-refractivity contribution is -0.146. The maximum Gasteiger partial charge on any atom is 0.410 e. The average molecular weight is 833 g/mol. The van der Waals surface area contributed by atoms with Crippen molar-refractivity contribution in [3.8, 4) is 11.1 Å². The van der Waals surface area contributed by atoms with Gasteiger partial charge in [0.2, 0.25) is 5.78 Å². The molecule has 7 rings (SSSR count). The zero-order valence-corrected chi connectivity index (χ0v) is 35.5. The van der Waals surface area contributed by atoms with Crippen molar-refractivity contribution < 1.29 is 28.7 Å². The quantitative estimate of drug-likeness (QED) is 0.135. The molecule has 0 unspecified atom stereocenters. The molecule has 2 aromatic heterocycles. The highest BCUT2D eigenvalue weighted by molar-refractivity contribution is 6.39. The van der Waals surface area contributed by atoms with Gasteiger partial charge in [0.1, 0.15) is 5.60 Å². The van der Waals surface area contributed by atoms with Gasteiger partial charge in [0, 0.05) is 82.1 Å². The summed E-state index contributed by atoms with van der Waals surface area (Å²) >= 11 is 14.0. The summed E-state index contributed by atoms with van der Waals surface area (Å²) in [5, 5.41) is 3.65. The van der Waals surface area contributed by atoms with E-state index in [-0.39, 0.29) is 36.5 Å². The molecule has 1 fully saturated rings. The number of carbonyl (C=O) groups excluding carboxylic acids is 4. The first kappa shape index (κ1) is 41.4. The molecule has 1 saturated carbocycles. The van der Waals surface area contributed by atoms with Crippen LogP contribution < -0.4 is 5.32 Å². The van der Waals surface area contributed by atoms with Crippen LogP contribution in [-0.4, -0.2) is 85.0 Å². The van der Waals surface area contributed by atoms with Gasteiger partial charge in [-0.25, -0.2) is 14.8 Å². The summed E-state index contributed by atoms with van der Waals surface area (Å²) < 4.78 is 14.2. The minimum absolute atomic E-state index is 0.00198. The number of aromatic nitrogens is 4. The molecule has 0 spiro atoms. The van der Waals surface area contributed by atoms with Crippen LogP contribution in [0.5, 0.6) is 0 Å². The molecule has 3 aliphatic rings. The lowest BCUT2D eigenvalue weighted by Gasteiger charge is -2.33. The van der Waals surface area contributed by atoms with E-state index in [1.807, 2.05) is 57.6 Å². The monoisotopic (exact) mass is 831 g/mol. The molecule has 13 nitrogen and oxygen atoms in total. The minimum atomic E-state index is -0.615. The molecule has 0 atom stereocenters. The van der Waals surface area contributed by atoms with Gasteiger partial charge in [0.05, 0.1) is 46.7 Å². The fourth-order valence-electron chi connectivity index (χ4n) is 8.50. The SMILES string of the molecule is COC(=O)C1CCC(CN2CCc3c(nc(C(=O)Nc4cccc(-c5cccc(CC(=O)c6nc7c(n6C)CCN(C(=O)OC(C)(C)C)C7)c5Cl)c4Cl)n3C)C2)CC1. The lowest BCUT2D eigenvalue weighted by atomic mass is 9.81. The first-order chi connectivity index (χ1) is 27.6. The number of imidazole rings is 2. The molecule has 4 aromatic rings. The first-order valence-corrected chi connectivity index (χ1v) is 20.6. The Bertz CT molecular complexity index is 2250. The molecule has 1 aliphatic carbocycles. The predicted molar refractivity (Wildman–Crippen MR) is 221 cm³/mol. The van der Waals surface area contributed by atoms with Crippen LogP contribution in [0.4, 0.5) is 10.5 Å². The van der Waals surface area contributed by atoms with Gasteiger partial charge in [-0.05, 0) is 64.0 Å². The van der Waals surface area contributed by atoms with Crippen LogP contribution in [0.2, 0.25) is 10.0 Å². The Morgan fingerprint density at radius 1 is 0.828 bits per heavy atom. The van der Waals surface area contributed by atoms with E-state index < -0.39 is 11.7 Å². The third-order valence-corrected chi connectivity index (χ3v) is 12.4. The van der Waals surface area contributed by atoms with Crippen LogP contribution in [0.25, 0.3) is 11.1 Å². The Morgan fingerprint density at radius 2 is 1.45 bits per heavy atom. The molecule has 0 bridgehead atoms. The fraction of sp³-hybridized carbons (Fsp3) is 0.488. The van der Waals surface area contributed by atoms with E-state index in [2.05, 4.69) is 15.2 Å². The van der Waals surface area contributed by atoms with E-state index >= 15 is 0 Å². The summed E-state index contributed by atoms with van der Waals surface area (Å²) in [6, 6.07) is 10.8. The molecule has 2 amide bonds. The molecule has 0 radical (unpaired) electrons. The molecule has 1 N–H and O–H groups in total. The summed E-state index contributed by atoms with van der Waals surface area (Å²) in [4.78, 5) is 65.6. The molecule has 0 saturated heterocycles. The van der Waals surface area contributed by atoms with Gasteiger partial charge in [0.15, 0.2) is 11.6 Å². The Morgan fingerprint density at radius 3 is 2.14 bits per heavy atom. The Labute approximate surface area is 349 Å². The number of ketones is 1. The third-order valence-electron chi connectivity index (χ3n) is 11.6. The van der Waals surface area contributed by atoms with Gasteiger partial charge in [0.25, 0.3) is 5.91 Å². The normalized spacial score (nSPS) is 18.3. The summed E-state index contributed by atoms with van der Waals surface area (Å²) in [6.07, 6.45) is 4.64. The minimum Gasteiger partial charge on any atom is -0.469 e. The number of Topliss-reactive ketones (excluding diaryl/α,β-unsaturated/α-hetero) is 1. The van der Waals surface area contributed by atoms with Gasteiger partial charge in [-0.3, -0.25) is 19.3 Å². The van der Waals surface area contributed by atoms with Crippen molar-refractivity contribution in [3.63, 3.8) is 0 Å². The third kappa shape index (κ3) is 8.67. The topological polar surface area (TPSA) is 141 Å². The maximum atomic E-state index is 13.7. The number of benzene rings is 2. The Balaban J connectivity index is 1.01. The van der Waals surface area contributed by atoms with E-state index in [9.17, 15) is 19.2 Å². The van der Waals surface area contributed by atoms with Crippen LogP contribution in [0, 0.1) is 11.8 Å².